The highest BCUT2D eigenvalue weighted by Gasteiger charge is 2.33. The Morgan fingerprint density at radius 3 is 2.86 bits per heavy atom. The van der Waals surface area contributed by atoms with Crippen molar-refractivity contribution >= 4 is 11.6 Å². The van der Waals surface area contributed by atoms with E-state index in [0.29, 0.717) is 6.61 Å². The molecule has 116 valence electrons. The van der Waals surface area contributed by atoms with Gasteiger partial charge in [-0.15, -0.1) is 0 Å². The number of hydrogen-bond donors (Lipinski definition) is 2. The van der Waals surface area contributed by atoms with Crippen LogP contribution in [0.15, 0.2) is 24.3 Å². The summed E-state index contributed by atoms with van der Waals surface area (Å²) in [6, 6.07) is 8.21. The topological polar surface area (TPSA) is 50.4 Å². The van der Waals surface area contributed by atoms with Crippen LogP contribution in [0.3, 0.4) is 0 Å². The molecule has 1 saturated heterocycles. The van der Waals surface area contributed by atoms with Gasteiger partial charge in [-0.2, -0.15) is 0 Å². The van der Waals surface area contributed by atoms with Crippen LogP contribution in [0.2, 0.25) is 0 Å². The second-order valence-corrected chi connectivity index (χ2v) is 5.57. The van der Waals surface area contributed by atoms with E-state index in [1.807, 2.05) is 18.2 Å². The minimum atomic E-state index is -0.0301. The predicted molar refractivity (Wildman–Crippen MR) is 85.3 cm³/mol. The third kappa shape index (κ3) is 3.83. The molecule has 1 aromatic carbocycles. The van der Waals surface area contributed by atoms with Crippen molar-refractivity contribution in [3.05, 3.63) is 29.8 Å². The molecule has 1 aromatic rings. The van der Waals surface area contributed by atoms with E-state index in [2.05, 4.69) is 37.5 Å². The van der Waals surface area contributed by atoms with Crippen LogP contribution in [0, 0.1) is 5.92 Å². The summed E-state index contributed by atoms with van der Waals surface area (Å²) in [5.74, 6) is 0.0491. The molecule has 1 heterocycles. The summed E-state index contributed by atoms with van der Waals surface area (Å²) >= 11 is 0. The van der Waals surface area contributed by atoms with Crippen molar-refractivity contribution in [1.82, 2.24) is 5.32 Å². The summed E-state index contributed by atoms with van der Waals surface area (Å²) in [7, 11) is 0. The number of carbonyl (C=O) groups is 1. The summed E-state index contributed by atoms with van der Waals surface area (Å²) in [5.41, 5.74) is 2.03. The molecule has 1 aliphatic heterocycles. The van der Waals surface area contributed by atoms with Crippen molar-refractivity contribution in [1.29, 1.82) is 0 Å². The van der Waals surface area contributed by atoms with E-state index in [-0.39, 0.29) is 24.0 Å². The normalized spacial score (nSPS) is 23.0. The molecule has 1 amide bonds. The van der Waals surface area contributed by atoms with Gasteiger partial charge >= 0.3 is 0 Å². The van der Waals surface area contributed by atoms with Crippen molar-refractivity contribution in [2.75, 3.05) is 18.5 Å². The monoisotopic (exact) mass is 290 g/mol. The van der Waals surface area contributed by atoms with Crippen LogP contribution in [0.5, 0.6) is 0 Å². The first-order valence-corrected chi connectivity index (χ1v) is 7.92. The molecule has 21 heavy (non-hydrogen) atoms. The number of benzene rings is 1. The molecule has 0 aliphatic carbocycles. The van der Waals surface area contributed by atoms with E-state index in [1.54, 1.807) is 0 Å². The van der Waals surface area contributed by atoms with Crippen molar-refractivity contribution in [3.8, 4) is 0 Å². The van der Waals surface area contributed by atoms with Gasteiger partial charge in [-0.1, -0.05) is 32.0 Å². The third-order valence-electron chi connectivity index (χ3n) is 4.14. The Hall–Kier alpha value is -1.39. The molecule has 1 aliphatic rings. The van der Waals surface area contributed by atoms with Gasteiger partial charge in [-0.3, -0.25) is 4.79 Å². The molecular formula is C17H26N2O2. The first-order valence-electron chi connectivity index (χ1n) is 7.92. The molecule has 4 nitrogen and oxygen atoms in total. The van der Waals surface area contributed by atoms with E-state index in [9.17, 15) is 4.79 Å². The minimum absolute atomic E-state index is 0.0301. The van der Waals surface area contributed by atoms with Gasteiger partial charge < -0.3 is 15.4 Å². The quantitative estimate of drug-likeness (QED) is 0.846. The Bertz CT molecular complexity index is 476. The number of nitrogens with one attached hydrogen (secondary N) is 2. The van der Waals surface area contributed by atoms with Gasteiger partial charge in [0.05, 0.1) is 12.0 Å². The second kappa shape index (κ2) is 7.57. The third-order valence-corrected chi connectivity index (χ3v) is 4.14. The van der Waals surface area contributed by atoms with E-state index in [0.717, 1.165) is 30.6 Å². The van der Waals surface area contributed by atoms with E-state index in [4.69, 9.17) is 4.74 Å². The lowest BCUT2D eigenvalue weighted by atomic mass is 9.98. The fourth-order valence-electron chi connectivity index (χ4n) is 2.98. The fourth-order valence-corrected chi connectivity index (χ4v) is 2.98. The standard InChI is InChI=1S/C17H26N2O2/c1-4-16-14(10-11-21-16)17(20)19-15-9-7-6-8-13(15)12(3)18-5-2/h6-9,12,14,16,18H,4-5,10-11H2,1-3H3,(H,19,20). The summed E-state index contributed by atoms with van der Waals surface area (Å²) < 4.78 is 5.62. The average Bonchev–Trinajstić information content (AvgIpc) is 2.96. The maximum atomic E-state index is 12.5. The van der Waals surface area contributed by atoms with Crippen LogP contribution in [-0.2, 0) is 9.53 Å². The van der Waals surface area contributed by atoms with Gasteiger partial charge in [0.1, 0.15) is 0 Å². The van der Waals surface area contributed by atoms with Crippen LogP contribution in [-0.4, -0.2) is 25.2 Å². The van der Waals surface area contributed by atoms with Crippen molar-refractivity contribution < 1.29 is 9.53 Å². The Labute approximate surface area is 127 Å². The largest absolute Gasteiger partial charge is 0.377 e. The molecule has 4 heteroatoms. The lowest BCUT2D eigenvalue weighted by Gasteiger charge is -2.20. The molecule has 0 spiro atoms. The number of amides is 1. The Morgan fingerprint density at radius 2 is 2.14 bits per heavy atom. The summed E-state index contributed by atoms with van der Waals surface area (Å²) in [5, 5.41) is 6.49. The molecule has 0 bridgehead atoms. The zero-order valence-electron chi connectivity index (χ0n) is 13.2. The van der Waals surface area contributed by atoms with Crippen molar-refractivity contribution in [3.63, 3.8) is 0 Å². The van der Waals surface area contributed by atoms with Gasteiger partial charge in [0.15, 0.2) is 0 Å². The van der Waals surface area contributed by atoms with Crippen molar-refractivity contribution in [2.45, 2.75) is 45.8 Å². The summed E-state index contributed by atoms with van der Waals surface area (Å²) in [6.07, 6.45) is 1.76. The Balaban J connectivity index is 2.10. The van der Waals surface area contributed by atoms with E-state index in [1.165, 1.54) is 0 Å². The van der Waals surface area contributed by atoms with Gasteiger partial charge in [-0.05, 0) is 37.9 Å². The Morgan fingerprint density at radius 1 is 1.38 bits per heavy atom. The van der Waals surface area contributed by atoms with Crippen LogP contribution >= 0.6 is 0 Å². The van der Waals surface area contributed by atoms with Gasteiger partial charge in [0, 0.05) is 18.3 Å². The highest BCUT2D eigenvalue weighted by Crippen LogP contribution is 2.27. The lowest BCUT2D eigenvalue weighted by Crippen LogP contribution is -2.30. The molecule has 3 atom stereocenters. The highest BCUT2D eigenvalue weighted by molar-refractivity contribution is 5.93. The zero-order chi connectivity index (χ0) is 15.2. The molecule has 0 saturated carbocycles. The zero-order valence-corrected chi connectivity index (χ0v) is 13.2. The average molecular weight is 290 g/mol. The number of anilines is 1. The van der Waals surface area contributed by atoms with Crippen LogP contribution in [0.25, 0.3) is 0 Å². The second-order valence-electron chi connectivity index (χ2n) is 5.57. The van der Waals surface area contributed by atoms with E-state index >= 15 is 0 Å². The fraction of sp³-hybridized carbons (Fsp3) is 0.588. The number of hydrogen-bond acceptors (Lipinski definition) is 3. The Kier molecular flexibility index (Phi) is 5.76. The SMILES string of the molecule is CCNC(C)c1ccccc1NC(=O)C1CCOC1CC. The van der Waals surface area contributed by atoms with Gasteiger partial charge in [-0.25, -0.2) is 0 Å². The number of para-hydroxylation sites is 1. The highest BCUT2D eigenvalue weighted by atomic mass is 16.5. The lowest BCUT2D eigenvalue weighted by molar-refractivity contribution is -0.121. The molecule has 3 unspecified atom stereocenters. The van der Waals surface area contributed by atoms with Crippen LogP contribution in [0.1, 0.15) is 45.2 Å². The number of rotatable bonds is 6. The minimum Gasteiger partial charge on any atom is -0.377 e. The summed E-state index contributed by atoms with van der Waals surface area (Å²) in [4.78, 5) is 12.5. The number of carbonyl (C=O) groups excluding carboxylic acids is 1. The van der Waals surface area contributed by atoms with E-state index < -0.39 is 0 Å². The first kappa shape index (κ1) is 16.0. The maximum absolute atomic E-state index is 12.5. The van der Waals surface area contributed by atoms with Crippen LogP contribution < -0.4 is 10.6 Å². The summed E-state index contributed by atoms with van der Waals surface area (Å²) in [6.45, 7) is 7.85. The molecule has 0 radical (unpaired) electrons. The molecular weight excluding hydrogens is 264 g/mol. The molecule has 1 fully saturated rings. The van der Waals surface area contributed by atoms with Gasteiger partial charge in [0.2, 0.25) is 5.91 Å². The smallest absolute Gasteiger partial charge is 0.230 e. The molecule has 0 aromatic heterocycles. The van der Waals surface area contributed by atoms with Crippen LogP contribution in [0.4, 0.5) is 5.69 Å². The first-order chi connectivity index (χ1) is 10.2. The molecule has 2 N–H and O–H groups in total. The number of ether oxygens (including phenoxy) is 1. The van der Waals surface area contributed by atoms with Crippen molar-refractivity contribution in [2.24, 2.45) is 5.92 Å². The predicted octanol–water partition coefficient (Wildman–Crippen LogP) is 3.11. The van der Waals surface area contributed by atoms with Gasteiger partial charge in [0.25, 0.3) is 0 Å². The maximum Gasteiger partial charge on any atom is 0.230 e. The molecule has 2 rings (SSSR count).